The number of hydrogen-bond donors (Lipinski definition) is 1. The molecule has 1 aliphatic carbocycles. The van der Waals surface area contributed by atoms with Crippen LogP contribution < -0.4 is 5.32 Å². The number of carbonyl (C=O) groups excluding carboxylic acids is 1. The summed E-state index contributed by atoms with van der Waals surface area (Å²) in [5, 5.41) is 3.41. The van der Waals surface area contributed by atoms with Gasteiger partial charge >= 0.3 is 6.09 Å². The maximum absolute atomic E-state index is 14.1. The van der Waals surface area contributed by atoms with Crippen molar-refractivity contribution in [3.05, 3.63) is 35.6 Å². The molecule has 7 heteroatoms. The zero-order valence-electron chi connectivity index (χ0n) is 15.5. The Balaban J connectivity index is 1.55. The predicted molar refractivity (Wildman–Crippen MR) is 98.8 cm³/mol. The number of piperazine rings is 1. The van der Waals surface area contributed by atoms with Crippen molar-refractivity contribution >= 4 is 12.1 Å². The average Bonchev–Trinajstić information content (AvgIpc) is 3.44. The number of hydrogen-bond acceptors (Lipinski definition) is 3. The van der Waals surface area contributed by atoms with Crippen LogP contribution in [0.3, 0.4) is 0 Å². The zero-order chi connectivity index (χ0) is 18.6. The number of benzene rings is 1. The van der Waals surface area contributed by atoms with Crippen molar-refractivity contribution in [1.82, 2.24) is 15.1 Å². The molecule has 142 valence electrons. The van der Waals surface area contributed by atoms with Crippen LogP contribution in [0, 0.1) is 5.82 Å². The van der Waals surface area contributed by atoms with Gasteiger partial charge in [-0.2, -0.15) is 0 Å². The predicted octanol–water partition coefficient (Wildman–Crippen LogP) is 2.21. The minimum atomic E-state index is -0.258. The highest BCUT2D eigenvalue weighted by Crippen LogP contribution is 2.48. The summed E-state index contributed by atoms with van der Waals surface area (Å²) in [6.45, 7) is 5.48. The van der Waals surface area contributed by atoms with Gasteiger partial charge in [-0.25, -0.2) is 9.18 Å². The van der Waals surface area contributed by atoms with Crippen LogP contribution in [0.2, 0.25) is 0 Å². The van der Waals surface area contributed by atoms with Gasteiger partial charge in [0.25, 0.3) is 0 Å². The summed E-state index contributed by atoms with van der Waals surface area (Å²) < 4.78 is 19.2. The van der Waals surface area contributed by atoms with Crippen molar-refractivity contribution in [3.63, 3.8) is 0 Å². The third-order valence-corrected chi connectivity index (χ3v) is 5.20. The number of nitrogens with one attached hydrogen (secondary N) is 1. The Morgan fingerprint density at radius 2 is 1.88 bits per heavy atom. The fourth-order valence-electron chi connectivity index (χ4n) is 3.48. The van der Waals surface area contributed by atoms with Gasteiger partial charge in [-0.05, 0) is 31.4 Å². The lowest BCUT2D eigenvalue weighted by atomic mass is 9.95. The lowest BCUT2D eigenvalue weighted by Crippen LogP contribution is -2.54. The van der Waals surface area contributed by atoms with Gasteiger partial charge in [0.1, 0.15) is 5.82 Å². The van der Waals surface area contributed by atoms with Gasteiger partial charge < -0.3 is 19.9 Å². The first-order chi connectivity index (χ1) is 12.6. The Morgan fingerprint density at radius 3 is 2.46 bits per heavy atom. The van der Waals surface area contributed by atoms with E-state index in [1.54, 1.807) is 18.0 Å². The highest BCUT2D eigenvalue weighted by molar-refractivity contribution is 5.80. The average molecular weight is 362 g/mol. The summed E-state index contributed by atoms with van der Waals surface area (Å²) >= 11 is 0. The minimum absolute atomic E-state index is 0.131. The molecule has 0 spiro atoms. The molecule has 0 unspecified atom stereocenters. The molecule has 1 heterocycles. The minimum Gasteiger partial charge on any atom is -0.450 e. The number of amides is 1. The molecule has 2 fully saturated rings. The van der Waals surface area contributed by atoms with E-state index in [0.717, 1.165) is 24.4 Å². The number of rotatable bonds is 4. The largest absolute Gasteiger partial charge is 0.450 e. The molecule has 1 amide bonds. The highest BCUT2D eigenvalue weighted by Gasteiger charge is 2.46. The molecule has 1 aromatic carbocycles. The fraction of sp³-hybridized carbons (Fsp3) is 0.579. The van der Waals surface area contributed by atoms with E-state index >= 15 is 0 Å². The van der Waals surface area contributed by atoms with Crippen molar-refractivity contribution in [2.75, 3.05) is 46.4 Å². The van der Waals surface area contributed by atoms with Crippen molar-refractivity contribution in [2.24, 2.45) is 4.99 Å². The molecule has 1 saturated carbocycles. The number of nitrogens with zero attached hydrogens (tertiary/aromatic N) is 3. The lowest BCUT2D eigenvalue weighted by Gasteiger charge is -2.36. The Labute approximate surface area is 154 Å². The highest BCUT2D eigenvalue weighted by atomic mass is 19.1. The molecule has 2 aliphatic rings. The van der Waals surface area contributed by atoms with Gasteiger partial charge in [0.2, 0.25) is 0 Å². The Morgan fingerprint density at radius 1 is 1.23 bits per heavy atom. The smallest absolute Gasteiger partial charge is 0.409 e. The first-order valence-corrected chi connectivity index (χ1v) is 9.22. The number of aliphatic imine (C=N–C) groups is 1. The summed E-state index contributed by atoms with van der Waals surface area (Å²) in [5.41, 5.74) is 0.656. The molecule has 3 rings (SSSR count). The Bertz CT molecular complexity index is 667. The van der Waals surface area contributed by atoms with Crippen LogP contribution in [-0.4, -0.2) is 68.2 Å². The zero-order valence-corrected chi connectivity index (χ0v) is 15.5. The van der Waals surface area contributed by atoms with Crippen LogP contribution in [0.25, 0.3) is 0 Å². The summed E-state index contributed by atoms with van der Waals surface area (Å²) in [5.74, 6) is 0.668. The van der Waals surface area contributed by atoms with Gasteiger partial charge in [-0.15, -0.1) is 0 Å². The summed E-state index contributed by atoms with van der Waals surface area (Å²) in [7, 11) is 1.75. The van der Waals surface area contributed by atoms with E-state index < -0.39 is 0 Å². The monoisotopic (exact) mass is 362 g/mol. The number of carbonyl (C=O) groups is 1. The van der Waals surface area contributed by atoms with Crippen molar-refractivity contribution in [1.29, 1.82) is 0 Å². The number of guanidine groups is 1. The van der Waals surface area contributed by atoms with Crippen molar-refractivity contribution in [2.45, 2.75) is 25.2 Å². The van der Waals surface area contributed by atoms with E-state index in [2.05, 4.69) is 15.2 Å². The molecular weight excluding hydrogens is 335 g/mol. The molecule has 0 aromatic heterocycles. The van der Waals surface area contributed by atoms with E-state index in [0.29, 0.717) is 39.3 Å². The van der Waals surface area contributed by atoms with Crippen LogP contribution in [0.1, 0.15) is 25.3 Å². The van der Waals surface area contributed by atoms with E-state index in [1.165, 1.54) is 6.07 Å². The maximum Gasteiger partial charge on any atom is 0.409 e. The quantitative estimate of drug-likeness (QED) is 0.659. The van der Waals surface area contributed by atoms with Crippen LogP contribution in [0.4, 0.5) is 9.18 Å². The molecular formula is C19H27FN4O2. The van der Waals surface area contributed by atoms with Gasteiger partial charge in [-0.3, -0.25) is 4.99 Å². The first-order valence-electron chi connectivity index (χ1n) is 9.22. The number of halogens is 1. The van der Waals surface area contributed by atoms with Crippen LogP contribution in [0.15, 0.2) is 29.3 Å². The Hall–Kier alpha value is -2.31. The SMILES string of the molecule is CCOC(=O)N1CCN(C(=NC)NCC2(c3ccccc3F)CC2)CC1. The second-order valence-corrected chi connectivity index (χ2v) is 6.83. The third-order valence-electron chi connectivity index (χ3n) is 5.20. The molecule has 0 atom stereocenters. The first kappa shape index (κ1) is 18.5. The molecule has 1 saturated heterocycles. The summed E-state index contributed by atoms with van der Waals surface area (Å²) in [6, 6.07) is 7.02. The molecule has 6 nitrogen and oxygen atoms in total. The third kappa shape index (κ3) is 3.92. The van der Waals surface area contributed by atoms with Crippen LogP contribution in [-0.2, 0) is 10.2 Å². The van der Waals surface area contributed by atoms with Crippen LogP contribution >= 0.6 is 0 Å². The van der Waals surface area contributed by atoms with Gasteiger partial charge in [0, 0.05) is 45.2 Å². The van der Waals surface area contributed by atoms with Gasteiger partial charge in [0.15, 0.2) is 5.96 Å². The van der Waals surface area contributed by atoms with E-state index in [4.69, 9.17) is 4.74 Å². The van der Waals surface area contributed by atoms with Gasteiger partial charge in [0.05, 0.1) is 6.61 Å². The van der Waals surface area contributed by atoms with E-state index in [-0.39, 0.29) is 17.3 Å². The molecule has 0 radical (unpaired) electrons. The maximum atomic E-state index is 14.1. The normalized spacial score (nSPS) is 19.3. The molecule has 1 aromatic rings. The molecule has 1 N–H and O–H groups in total. The Kier molecular flexibility index (Phi) is 5.64. The van der Waals surface area contributed by atoms with Crippen molar-refractivity contribution < 1.29 is 13.9 Å². The second kappa shape index (κ2) is 7.93. The fourth-order valence-corrected chi connectivity index (χ4v) is 3.48. The molecule has 26 heavy (non-hydrogen) atoms. The standard InChI is InChI=1S/C19H27FN4O2/c1-3-26-18(25)24-12-10-23(11-13-24)17(21-2)22-14-19(8-9-19)15-6-4-5-7-16(15)20/h4-7H,3,8-14H2,1-2H3,(H,21,22). The van der Waals surface area contributed by atoms with Crippen LogP contribution in [0.5, 0.6) is 0 Å². The second-order valence-electron chi connectivity index (χ2n) is 6.83. The van der Waals surface area contributed by atoms with Gasteiger partial charge in [-0.1, -0.05) is 18.2 Å². The summed E-state index contributed by atoms with van der Waals surface area (Å²) in [6.07, 6.45) is 1.70. The summed E-state index contributed by atoms with van der Waals surface area (Å²) in [4.78, 5) is 20.0. The lowest BCUT2D eigenvalue weighted by molar-refractivity contribution is 0.0914. The molecule has 0 bridgehead atoms. The topological polar surface area (TPSA) is 57.2 Å². The van der Waals surface area contributed by atoms with E-state index in [9.17, 15) is 9.18 Å². The number of ether oxygens (including phenoxy) is 1. The van der Waals surface area contributed by atoms with E-state index in [1.807, 2.05) is 19.1 Å². The molecule has 1 aliphatic heterocycles. The van der Waals surface area contributed by atoms with Crippen molar-refractivity contribution in [3.8, 4) is 0 Å².